The maximum absolute atomic E-state index is 13.5. The fourth-order valence-electron chi connectivity index (χ4n) is 4.13. The Balaban J connectivity index is 1.38. The van der Waals surface area contributed by atoms with Gasteiger partial charge < -0.3 is 36.4 Å². The number of anilines is 2. The van der Waals surface area contributed by atoms with Gasteiger partial charge >= 0.3 is 17.9 Å². The number of ether oxygens (including phenoxy) is 1. The number of nitrogens with zero attached hydrogens (tertiary/aromatic N) is 4. The van der Waals surface area contributed by atoms with Crippen LogP contribution in [0.25, 0.3) is 11.0 Å². The Kier molecular flexibility index (Phi) is 10.7. The number of carbonyl (C=O) groups is 4. The van der Waals surface area contributed by atoms with Gasteiger partial charge in [0.05, 0.1) is 31.1 Å². The van der Waals surface area contributed by atoms with Crippen LogP contribution in [0.1, 0.15) is 41.0 Å². The lowest BCUT2D eigenvalue weighted by Gasteiger charge is -2.21. The number of nitrogens with two attached hydrogens (primary N) is 2. The van der Waals surface area contributed by atoms with Crippen molar-refractivity contribution in [3.63, 3.8) is 0 Å². The van der Waals surface area contributed by atoms with Crippen LogP contribution in [0.5, 0.6) is 0 Å². The van der Waals surface area contributed by atoms with Crippen LogP contribution in [0.15, 0.2) is 72.0 Å². The maximum Gasteiger partial charge on any atom is 0.351 e. The highest BCUT2D eigenvalue weighted by atomic mass is 16.7. The summed E-state index contributed by atoms with van der Waals surface area (Å²) < 4.78 is 4.73. The van der Waals surface area contributed by atoms with E-state index in [0.717, 1.165) is 5.69 Å². The molecule has 2 aromatic carbocycles. The van der Waals surface area contributed by atoms with Crippen LogP contribution in [0, 0.1) is 0 Å². The summed E-state index contributed by atoms with van der Waals surface area (Å²) in [6.45, 7) is 0.439. The Morgan fingerprint density at radius 2 is 1.82 bits per heavy atom. The molecule has 1 atom stereocenters. The van der Waals surface area contributed by atoms with Crippen molar-refractivity contribution in [3.8, 4) is 0 Å². The van der Waals surface area contributed by atoms with Crippen LogP contribution in [-0.2, 0) is 30.5 Å². The van der Waals surface area contributed by atoms with E-state index in [1.54, 1.807) is 66.9 Å². The number of pyridine rings is 1. The van der Waals surface area contributed by atoms with Crippen LogP contribution in [0.3, 0.4) is 0 Å². The molecule has 1 unspecified atom stereocenters. The highest BCUT2D eigenvalue weighted by Gasteiger charge is 2.21. The lowest BCUT2D eigenvalue weighted by Crippen LogP contribution is -2.33. The molecule has 0 bridgehead atoms. The smallest absolute Gasteiger partial charge is 0.351 e. The fourth-order valence-corrected chi connectivity index (χ4v) is 4.13. The SMILES string of the molecule is COC(=O)CCN(C(=O)c1ccc2nc(CNc3ccc(/C(N)=N/OC(=O)C(N)CCC(=O)O)cc3)[nH]c2c1)c1ccccn1. The molecule has 0 aliphatic carbocycles. The van der Waals surface area contributed by atoms with Gasteiger partial charge in [0, 0.05) is 36.0 Å². The number of oxime groups is 1. The minimum absolute atomic E-state index is 0.0135. The second-order valence-electron chi connectivity index (χ2n) is 9.74. The molecule has 15 heteroatoms. The third-order valence-electron chi connectivity index (χ3n) is 6.56. The first-order chi connectivity index (χ1) is 21.6. The predicted octanol–water partition coefficient (Wildman–Crippen LogP) is 2.14. The van der Waals surface area contributed by atoms with Gasteiger partial charge in [-0.15, -0.1) is 0 Å². The van der Waals surface area contributed by atoms with Crippen LogP contribution in [0.2, 0.25) is 0 Å². The predicted molar refractivity (Wildman–Crippen MR) is 164 cm³/mol. The van der Waals surface area contributed by atoms with Gasteiger partial charge in [0.2, 0.25) is 0 Å². The lowest BCUT2D eigenvalue weighted by molar-refractivity contribution is -0.146. The van der Waals surface area contributed by atoms with Gasteiger partial charge in [-0.05, 0) is 61.0 Å². The zero-order valence-electron chi connectivity index (χ0n) is 24.3. The van der Waals surface area contributed by atoms with Gasteiger partial charge in [0.25, 0.3) is 5.91 Å². The summed E-state index contributed by atoms with van der Waals surface area (Å²) in [4.78, 5) is 65.9. The summed E-state index contributed by atoms with van der Waals surface area (Å²) in [6.07, 6.45) is 1.23. The number of fused-ring (bicyclic) bond motifs is 1. The van der Waals surface area contributed by atoms with E-state index < -0.39 is 23.9 Å². The number of aromatic amines is 1. The molecule has 15 nitrogen and oxygen atoms in total. The third-order valence-corrected chi connectivity index (χ3v) is 6.56. The monoisotopic (exact) mass is 616 g/mol. The number of amides is 1. The number of rotatable bonds is 14. The Morgan fingerprint density at radius 3 is 2.51 bits per heavy atom. The molecule has 0 aliphatic heterocycles. The maximum atomic E-state index is 13.5. The number of methoxy groups -OCH3 is 1. The topological polar surface area (TPSA) is 228 Å². The Bertz CT molecular complexity index is 1690. The summed E-state index contributed by atoms with van der Waals surface area (Å²) in [5.74, 6) is -1.74. The Morgan fingerprint density at radius 1 is 1.07 bits per heavy atom. The van der Waals surface area contributed by atoms with Crippen molar-refractivity contribution in [2.24, 2.45) is 16.6 Å². The number of imidazole rings is 1. The largest absolute Gasteiger partial charge is 0.481 e. The Labute approximate surface area is 257 Å². The summed E-state index contributed by atoms with van der Waals surface area (Å²) in [5, 5.41) is 15.5. The highest BCUT2D eigenvalue weighted by Crippen LogP contribution is 2.20. The van der Waals surface area contributed by atoms with E-state index >= 15 is 0 Å². The molecular weight excluding hydrogens is 584 g/mol. The number of aromatic nitrogens is 3. The zero-order chi connectivity index (χ0) is 32.3. The van der Waals surface area contributed by atoms with Crippen molar-refractivity contribution in [3.05, 3.63) is 83.8 Å². The molecule has 234 valence electrons. The molecule has 2 heterocycles. The molecule has 0 saturated heterocycles. The molecule has 0 fully saturated rings. The van der Waals surface area contributed by atoms with Crippen molar-refractivity contribution < 1.29 is 33.9 Å². The first-order valence-electron chi connectivity index (χ1n) is 13.8. The number of amidine groups is 1. The summed E-state index contributed by atoms with van der Waals surface area (Å²) in [5.41, 5.74) is 14.4. The molecule has 0 saturated carbocycles. The molecule has 45 heavy (non-hydrogen) atoms. The average molecular weight is 617 g/mol. The number of hydrogen-bond acceptors (Lipinski definition) is 11. The Hall–Kier alpha value is -5.83. The van der Waals surface area contributed by atoms with E-state index in [0.29, 0.717) is 40.3 Å². The van der Waals surface area contributed by atoms with E-state index in [1.165, 1.54) is 12.0 Å². The number of carbonyl (C=O) groups excluding carboxylic acids is 3. The molecule has 0 spiro atoms. The highest BCUT2D eigenvalue weighted by molar-refractivity contribution is 6.07. The van der Waals surface area contributed by atoms with Crippen LogP contribution >= 0.6 is 0 Å². The van der Waals surface area contributed by atoms with E-state index in [2.05, 4.69) is 25.4 Å². The number of H-pyrrole nitrogens is 1. The van der Waals surface area contributed by atoms with Crippen molar-refractivity contribution in [2.45, 2.75) is 31.8 Å². The third kappa shape index (κ3) is 8.84. The fraction of sp³-hybridized carbons (Fsp3) is 0.233. The van der Waals surface area contributed by atoms with Gasteiger partial charge in [-0.3, -0.25) is 19.3 Å². The van der Waals surface area contributed by atoms with Gasteiger partial charge in [-0.2, -0.15) is 0 Å². The molecule has 0 aliphatic rings. The molecule has 2 aromatic heterocycles. The number of carboxylic acid groups (broad SMARTS) is 1. The number of benzene rings is 2. The minimum atomic E-state index is -1.13. The van der Waals surface area contributed by atoms with Gasteiger partial charge in [-0.1, -0.05) is 11.2 Å². The van der Waals surface area contributed by atoms with Crippen molar-refractivity contribution in [1.82, 2.24) is 15.0 Å². The number of esters is 1. The second kappa shape index (κ2) is 15.1. The standard InChI is InChI=1S/C30H32N8O7/c1-44-27(41)13-15-38(25-4-2-3-14-33-25)29(42)19-7-11-22-23(16-19)36-24(35-22)17-34-20-8-5-18(6-9-20)28(32)37-45-30(43)21(31)10-12-26(39)40/h2-9,11,14,16,21,34H,10,12-13,15,17,31H2,1H3,(H2,32,37)(H,35,36)(H,39,40). The van der Waals surface area contributed by atoms with E-state index in [1.807, 2.05) is 0 Å². The van der Waals surface area contributed by atoms with E-state index in [4.69, 9.17) is 26.1 Å². The average Bonchev–Trinajstić information content (AvgIpc) is 3.47. The van der Waals surface area contributed by atoms with Crippen molar-refractivity contribution in [2.75, 3.05) is 23.9 Å². The first kappa shape index (κ1) is 32.1. The summed E-state index contributed by atoms with van der Waals surface area (Å²) in [6, 6.07) is 16.0. The second-order valence-corrected chi connectivity index (χ2v) is 9.74. The van der Waals surface area contributed by atoms with Crippen molar-refractivity contribution >= 4 is 52.2 Å². The number of carboxylic acids is 1. The molecule has 7 N–H and O–H groups in total. The van der Waals surface area contributed by atoms with Crippen LogP contribution in [-0.4, -0.2) is 69.4 Å². The molecule has 0 radical (unpaired) electrons. The van der Waals surface area contributed by atoms with Crippen LogP contribution in [0.4, 0.5) is 11.5 Å². The van der Waals surface area contributed by atoms with Crippen LogP contribution < -0.4 is 21.7 Å². The van der Waals surface area contributed by atoms with Gasteiger partial charge in [-0.25, -0.2) is 14.8 Å². The lowest BCUT2D eigenvalue weighted by atomic mass is 10.1. The minimum Gasteiger partial charge on any atom is -0.481 e. The summed E-state index contributed by atoms with van der Waals surface area (Å²) >= 11 is 0. The van der Waals surface area contributed by atoms with E-state index in [9.17, 15) is 19.2 Å². The number of aliphatic carboxylic acids is 1. The summed E-state index contributed by atoms with van der Waals surface area (Å²) in [7, 11) is 1.29. The first-order valence-corrected chi connectivity index (χ1v) is 13.8. The number of hydrogen-bond donors (Lipinski definition) is 5. The quantitative estimate of drug-likeness (QED) is 0.0451. The normalized spacial score (nSPS) is 11.9. The molecule has 1 amide bonds. The van der Waals surface area contributed by atoms with Gasteiger partial charge in [0.1, 0.15) is 17.7 Å². The zero-order valence-corrected chi connectivity index (χ0v) is 24.3. The molecule has 4 rings (SSSR count). The number of nitrogens with one attached hydrogen (secondary N) is 2. The van der Waals surface area contributed by atoms with Crippen molar-refractivity contribution in [1.29, 1.82) is 0 Å². The van der Waals surface area contributed by atoms with E-state index in [-0.39, 0.29) is 37.6 Å². The van der Waals surface area contributed by atoms with Gasteiger partial charge in [0.15, 0.2) is 5.84 Å². The molecular formula is C30H32N8O7. The molecule has 4 aromatic rings.